The Hall–Kier alpha value is -2.21. The van der Waals surface area contributed by atoms with Gasteiger partial charge in [0.05, 0.1) is 5.52 Å². The SMILES string of the molecule is N.O=[N+]([O-])O.c1ccc2ncccc2c1. The molecule has 0 aliphatic carbocycles. The third-order valence-electron chi connectivity index (χ3n) is 1.51. The third-order valence-corrected chi connectivity index (χ3v) is 1.51. The van der Waals surface area contributed by atoms with Crippen LogP contribution < -0.4 is 6.15 Å². The van der Waals surface area contributed by atoms with Crippen LogP contribution in [0.15, 0.2) is 42.6 Å². The lowest BCUT2D eigenvalue weighted by molar-refractivity contribution is -0.742. The summed E-state index contributed by atoms with van der Waals surface area (Å²) < 4.78 is 0. The van der Waals surface area contributed by atoms with Crippen molar-refractivity contribution in [3.8, 4) is 0 Å². The van der Waals surface area contributed by atoms with Crippen molar-refractivity contribution in [3.05, 3.63) is 52.7 Å². The first-order valence-electron chi connectivity index (χ1n) is 3.83. The van der Waals surface area contributed by atoms with Crippen LogP contribution >= 0.6 is 0 Å². The molecule has 2 aromatic rings. The van der Waals surface area contributed by atoms with E-state index < -0.39 is 5.09 Å². The van der Waals surface area contributed by atoms with Gasteiger partial charge in [0.25, 0.3) is 5.09 Å². The van der Waals surface area contributed by atoms with E-state index in [1.165, 1.54) is 5.39 Å². The van der Waals surface area contributed by atoms with Crippen LogP contribution in [0.4, 0.5) is 0 Å². The van der Waals surface area contributed by atoms with Crippen molar-refractivity contribution in [2.45, 2.75) is 0 Å². The van der Waals surface area contributed by atoms with E-state index in [0.717, 1.165) is 5.52 Å². The van der Waals surface area contributed by atoms with Crippen molar-refractivity contribution >= 4 is 10.9 Å². The van der Waals surface area contributed by atoms with E-state index in [9.17, 15) is 0 Å². The minimum Gasteiger partial charge on any atom is -0.344 e. The zero-order chi connectivity index (χ0) is 10.4. The fourth-order valence-electron chi connectivity index (χ4n) is 1.02. The molecular weight excluding hydrogens is 198 g/mol. The molecule has 6 heteroatoms. The quantitative estimate of drug-likeness (QED) is 0.509. The molecule has 0 bridgehead atoms. The molecule has 1 aromatic carbocycles. The summed E-state index contributed by atoms with van der Waals surface area (Å²) in [5, 5.41) is 14.8. The molecule has 0 spiro atoms. The lowest BCUT2D eigenvalue weighted by Crippen LogP contribution is -1.81. The number of pyridine rings is 1. The number of hydrogen-bond donors (Lipinski definition) is 2. The number of para-hydroxylation sites is 1. The summed E-state index contributed by atoms with van der Waals surface area (Å²) in [6, 6.07) is 12.1. The van der Waals surface area contributed by atoms with Gasteiger partial charge in [-0.05, 0) is 12.1 Å². The van der Waals surface area contributed by atoms with Gasteiger partial charge < -0.3 is 11.4 Å². The van der Waals surface area contributed by atoms with E-state index in [2.05, 4.69) is 17.1 Å². The average molecular weight is 209 g/mol. The maximum absolute atomic E-state index is 8.36. The predicted molar refractivity (Wildman–Crippen MR) is 55.5 cm³/mol. The molecule has 2 rings (SSSR count). The van der Waals surface area contributed by atoms with E-state index in [-0.39, 0.29) is 6.15 Å². The molecular formula is C9H11N3O3. The molecule has 0 amide bonds. The summed E-state index contributed by atoms with van der Waals surface area (Å²) in [6.07, 6.45) is 1.81. The molecule has 0 atom stereocenters. The van der Waals surface area contributed by atoms with Crippen LogP contribution in [0.5, 0.6) is 0 Å². The standard InChI is InChI=1S/C9H7N.HNO3.H3N/c1-2-6-9-8(4-1)5-3-7-10-9;2-1(3)4;/h1-7H;(H,2,3,4);1H3. The van der Waals surface area contributed by atoms with E-state index >= 15 is 0 Å². The highest BCUT2D eigenvalue weighted by Gasteiger charge is 1.86. The fraction of sp³-hybridized carbons (Fsp3) is 0. The Morgan fingerprint density at radius 2 is 1.73 bits per heavy atom. The smallest absolute Gasteiger partial charge is 0.291 e. The topological polar surface area (TPSA) is 111 Å². The van der Waals surface area contributed by atoms with Gasteiger partial charge in [-0.25, -0.2) is 0 Å². The van der Waals surface area contributed by atoms with Crippen molar-refractivity contribution in [3.63, 3.8) is 0 Å². The molecule has 0 unspecified atom stereocenters. The van der Waals surface area contributed by atoms with Crippen LogP contribution in [-0.2, 0) is 0 Å². The Balaban J connectivity index is 0.000000346. The Morgan fingerprint density at radius 1 is 1.20 bits per heavy atom. The lowest BCUT2D eigenvalue weighted by atomic mass is 10.2. The Labute approximate surface area is 85.9 Å². The maximum Gasteiger partial charge on any atom is 0.291 e. The Morgan fingerprint density at radius 3 is 2.33 bits per heavy atom. The number of benzene rings is 1. The Kier molecular flexibility index (Phi) is 5.35. The molecule has 1 aromatic heterocycles. The average Bonchev–Trinajstić information content (AvgIpc) is 2.17. The van der Waals surface area contributed by atoms with Gasteiger partial charge in [-0.15, -0.1) is 10.1 Å². The highest BCUT2D eigenvalue weighted by molar-refractivity contribution is 5.77. The summed E-state index contributed by atoms with van der Waals surface area (Å²) in [5.41, 5.74) is 1.06. The van der Waals surface area contributed by atoms with Gasteiger partial charge in [-0.2, -0.15) is 0 Å². The van der Waals surface area contributed by atoms with Crippen LogP contribution in [0.2, 0.25) is 0 Å². The van der Waals surface area contributed by atoms with Crippen LogP contribution in [0, 0.1) is 10.1 Å². The van der Waals surface area contributed by atoms with Crippen LogP contribution in [0.25, 0.3) is 10.9 Å². The molecule has 80 valence electrons. The van der Waals surface area contributed by atoms with Gasteiger partial charge in [-0.1, -0.05) is 24.3 Å². The summed E-state index contributed by atoms with van der Waals surface area (Å²) in [7, 11) is 0. The van der Waals surface area contributed by atoms with E-state index in [1.807, 2.05) is 30.5 Å². The minimum atomic E-state index is -1.50. The minimum absolute atomic E-state index is 0. The molecule has 0 aliphatic rings. The summed E-state index contributed by atoms with van der Waals surface area (Å²) in [6.45, 7) is 0. The first kappa shape index (κ1) is 12.8. The molecule has 0 saturated carbocycles. The monoisotopic (exact) mass is 209 g/mol. The number of aromatic nitrogens is 1. The molecule has 15 heavy (non-hydrogen) atoms. The molecule has 4 N–H and O–H groups in total. The van der Waals surface area contributed by atoms with Crippen molar-refractivity contribution < 1.29 is 10.3 Å². The first-order valence-corrected chi connectivity index (χ1v) is 3.83. The van der Waals surface area contributed by atoms with Crippen LogP contribution in [-0.4, -0.2) is 15.3 Å². The van der Waals surface area contributed by atoms with Gasteiger partial charge in [0.15, 0.2) is 0 Å². The predicted octanol–water partition coefficient (Wildman–Crippen LogP) is 2.05. The molecule has 0 fully saturated rings. The third kappa shape index (κ3) is 4.53. The van der Waals surface area contributed by atoms with E-state index in [4.69, 9.17) is 15.3 Å². The number of hydrogen-bond acceptors (Lipinski definition) is 4. The van der Waals surface area contributed by atoms with Crippen molar-refractivity contribution in [1.82, 2.24) is 11.1 Å². The highest BCUT2D eigenvalue weighted by atomic mass is 16.9. The molecule has 1 heterocycles. The summed E-state index contributed by atoms with van der Waals surface area (Å²) >= 11 is 0. The van der Waals surface area contributed by atoms with Crippen molar-refractivity contribution in [1.29, 1.82) is 0 Å². The van der Waals surface area contributed by atoms with E-state index in [1.54, 1.807) is 0 Å². The lowest BCUT2D eigenvalue weighted by Gasteiger charge is -1.91. The second-order valence-corrected chi connectivity index (χ2v) is 2.43. The van der Waals surface area contributed by atoms with Gasteiger partial charge in [0.1, 0.15) is 0 Å². The molecule has 0 radical (unpaired) electrons. The summed E-state index contributed by atoms with van der Waals surface area (Å²) in [5.74, 6) is 0. The van der Waals surface area contributed by atoms with Crippen LogP contribution in [0.3, 0.4) is 0 Å². The van der Waals surface area contributed by atoms with E-state index in [0.29, 0.717) is 0 Å². The van der Waals surface area contributed by atoms with Gasteiger partial charge in [0, 0.05) is 11.6 Å². The maximum atomic E-state index is 8.36. The highest BCUT2D eigenvalue weighted by Crippen LogP contribution is 2.07. The Bertz CT molecular complexity index is 364. The van der Waals surface area contributed by atoms with Gasteiger partial charge in [0.2, 0.25) is 0 Å². The second kappa shape index (κ2) is 6.28. The van der Waals surface area contributed by atoms with Crippen molar-refractivity contribution in [2.24, 2.45) is 0 Å². The normalized spacial score (nSPS) is 8.27. The summed E-state index contributed by atoms with van der Waals surface area (Å²) in [4.78, 5) is 12.5. The second-order valence-electron chi connectivity index (χ2n) is 2.43. The molecule has 0 aliphatic heterocycles. The number of fused-ring (bicyclic) bond motifs is 1. The van der Waals surface area contributed by atoms with Crippen molar-refractivity contribution in [2.75, 3.05) is 0 Å². The molecule has 0 saturated heterocycles. The fourth-order valence-corrected chi connectivity index (χ4v) is 1.02. The largest absolute Gasteiger partial charge is 0.344 e. The molecule has 6 nitrogen and oxygen atoms in total. The van der Waals surface area contributed by atoms with Crippen LogP contribution in [0.1, 0.15) is 0 Å². The first-order chi connectivity index (χ1) is 6.70. The zero-order valence-electron chi connectivity index (χ0n) is 7.91. The number of nitrogens with zero attached hydrogens (tertiary/aromatic N) is 2. The number of rotatable bonds is 0. The zero-order valence-corrected chi connectivity index (χ0v) is 7.91. The van der Waals surface area contributed by atoms with Gasteiger partial charge >= 0.3 is 0 Å². The van der Waals surface area contributed by atoms with Gasteiger partial charge in [-0.3, -0.25) is 4.98 Å².